The highest BCUT2D eigenvalue weighted by atomic mass is 19.4. The summed E-state index contributed by atoms with van der Waals surface area (Å²) in [6, 6.07) is 0. The van der Waals surface area contributed by atoms with Crippen molar-refractivity contribution in [2.75, 3.05) is 26.4 Å². The Balaban J connectivity index is 5.01. The highest BCUT2D eigenvalue weighted by Gasteiger charge is 2.85. The summed E-state index contributed by atoms with van der Waals surface area (Å²) in [5.74, 6) is 0. The lowest BCUT2D eigenvalue weighted by Crippen LogP contribution is -2.68. The van der Waals surface area contributed by atoms with Crippen LogP contribution < -0.4 is 0 Å². The molecule has 0 saturated heterocycles. The van der Waals surface area contributed by atoms with Gasteiger partial charge in [0.15, 0.2) is 0 Å². The summed E-state index contributed by atoms with van der Waals surface area (Å²) in [5, 5.41) is 2.91. The Morgan fingerprint density at radius 3 is 1.59 bits per heavy atom. The Hall–Kier alpha value is -1.40. The standard InChI is InChI=1S/C8H8F9N3O2/c9-6(10,11)5(7(12,13)14,8(15,16)17)22-4-3-21-2-1-19-20-18/h1-4H2. The Morgan fingerprint density at radius 1 is 0.773 bits per heavy atom. The third-order valence-electron chi connectivity index (χ3n) is 2.14. The summed E-state index contributed by atoms with van der Waals surface area (Å²) < 4.78 is 119. The molecule has 0 heterocycles. The first-order valence-corrected chi connectivity index (χ1v) is 5.24. The summed E-state index contributed by atoms with van der Waals surface area (Å²) >= 11 is 0. The van der Waals surface area contributed by atoms with Gasteiger partial charge in [-0.15, -0.1) is 0 Å². The molecule has 22 heavy (non-hydrogen) atoms. The minimum absolute atomic E-state index is 0.306. The summed E-state index contributed by atoms with van der Waals surface area (Å²) in [6.45, 7) is -3.34. The molecule has 0 rings (SSSR count). The molecule has 14 heteroatoms. The number of ether oxygens (including phenoxy) is 2. The monoisotopic (exact) mass is 349 g/mol. The van der Waals surface area contributed by atoms with Crippen LogP contribution in [-0.4, -0.2) is 50.5 Å². The topological polar surface area (TPSA) is 67.2 Å². The number of rotatable bonds is 7. The Morgan fingerprint density at radius 2 is 1.23 bits per heavy atom. The van der Waals surface area contributed by atoms with Crippen molar-refractivity contribution in [3.05, 3.63) is 10.4 Å². The molecule has 0 spiro atoms. The van der Waals surface area contributed by atoms with Gasteiger partial charge in [-0.1, -0.05) is 5.11 Å². The number of nitrogens with zero attached hydrogens (tertiary/aromatic N) is 3. The maximum absolute atomic E-state index is 12.4. The average Bonchev–Trinajstić information content (AvgIpc) is 2.27. The SMILES string of the molecule is [N-]=[N+]=NCCOCCOC(C(F)(F)F)(C(F)(F)F)C(F)(F)F. The predicted octanol–water partition coefficient (Wildman–Crippen LogP) is 3.76. The fraction of sp³-hybridized carbons (Fsp3) is 1.00. The highest BCUT2D eigenvalue weighted by molar-refractivity contribution is 5.02. The Bertz CT molecular complexity index is 361. The molecule has 0 radical (unpaired) electrons. The second kappa shape index (κ2) is 7.24. The van der Waals surface area contributed by atoms with E-state index in [1.54, 1.807) is 0 Å². The minimum Gasteiger partial charge on any atom is -0.379 e. The number of hydrogen-bond donors (Lipinski definition) is 0. The summed E-state index contributed by atoms with van der Waals surface area (Å²) in [7, 11) is 0. The smallest absolute Gasteiger partial charge is 0.379 e. The molecule has 0 aliphatic carbocycles. The van der Waals surface area contributed by atoms with Crippen LogP contribution >= 0.6 is 0 Å². The predicted molar refractivity (Wildman–Crippen MR) is 51.7 cm³/mol. The molecule has 0 fully saturated rings. The molecule has 0 amide bonds. The molecular formula is C8H8F9N3O2. The van der Waals surface area contributed by atoms with Gasteiger partial charge in [0.2, 0.25) is 0 Å². The van der Waals surface area contributed by atoms with Gasteiger partial charge in [0.25, 0.3) is 0 Å². The molecule has 0 aromatic carbocycles. The van der Waals surface area contributed by atoms with Crippen LogP contribution in [0.2, 0.25) is 0 Å². The number of halogens is 9. The molecule has 0 atom stereocenters. The third-order valence-corrected chi connectivity index (χ3v) is 2.14. The highest BCUT2D eigenvalue weighted by Crippen LogP contribution is 2.54. The normalized spacial score (nSPS) is 13.9. The van der Waals surface area contributed by atoms with E-state index in [0.29, 0.717) is 0 Å². The molecule has 130 valence electrons. The molecule has 0 aromatic rings. The van der Waals surface area contributed by atoms with Crippen LogP contribution in [0.3, 0.4) is 0 Å². The summed E-state index contributed by atoms with van der Waals surface area (Å²) in [6.07, 6.45) is -20.3. The van der Waals surface area contributed by atoms with Gasteiger partial charge in [-0.05, 0) is 5.53 Å². The van der Waals surface area contributed by atoms with Crippen LogP contribution in [0.1, 0.15) is 0 Å². The first-order valence-electron chi connectivity index (χ1n) is 5.24. The van der Waals surface area contributed by atoms with Crippen LogP contribution in [0.25, 0.3) is 10.4 Å². The van der Waals surface area contributed by atoms with Crippen LogP contribution in [0.5, 0.6) is 0 Å². The van der Waals surface area contributed by atoms with Gasteiger partial charge in [-0.3, -0.25) is 0 Å². The molecule has 0 aliphatic rings. The zero-order chi connectivity index (χ0) is 17.7. The second-order valence-electron chi connectivity index (χ2n) is 3.59. The van der Waals surface area contributed by atoms with Crippen molar-refractivity contribution in [2.24, 2.45) is 5.11 Å². The van der Waals surface area contributed by atoms with Crippen LogP contribution in [0, 0.1) is 0 Å². The lowest BCUT2D eigenvalue weighted by Gasteiger charge is -2.37. The van der Waals surface area contributed by atoms with Crippen molar-refractivity contribution in [3.8, 4) is 0 Å². The minimum atomic E-state index is -6.77. The van der Waals surface area contributed by atoms with Crippen LogP contribution in [0.4, 0.5) is 39.5 Å². The summed E-state index contributed by atoms with van der Waals surface area (Å²) in [5.41, 5.74) is 1.54. The van der Waals surface area contributed by atoms with E-state index in [1.807, 2.05) is 0 Å². The van der Waals surface area contributed by atoms with E-state index in [4.69, 9.17) is 5.53 Å². The van der Waals surface area contributed by atoms with Crippen molar-refractivity contribution in [2.45, 2.75) is 24.1 Å². The first-order chi connectivity index (χ1) is 9.81. The lowest BCUT2D eigenvalue weighted by atomic mass is 10.0. The number of alkyl halides is 9. The quantitative estimate of drug-likeness (QED) is 0.231. The van der Waals surface area contributed by atoms with E-state index >= 15 is 0 Å². The van der Waals surface area contributed by atoms with Crippen molar-refractivity contribution in [3.63, 3.8) is 0 Å². The molecule has 0 bridgehead atoms. The van der Waals surface area contributed by atoms with Gasteiger partial charge in [-0.2, -0.15) is 39.5 Å². The zero-order valence-corrected chi connectivity index (χ0v) is 10.4. The van der Waals surface area contributed by atoms with E-state index in [9.17, 15) is 39.5 Å². The van der Waals surface area contributed by atoms with Crippen molar-refractivity contribution < 1.29 is 49.0 Å². The van der Waals surface area contributed by atoms with E-state index in [2.05, 4.69) is 19.5 Å². The van der Waals surface area contributed by atoms with Gasteiger partial charge in [-0.25, -0.2) is 0 Å². The summed E-state index contributed by atoms with van der Waals surface area (Å²) in [4.78, 5) is 2.26. The van der Waals surface area contributed by atoms with Crippen LogP contribution in [0.15, 0.2) is 5.11 Å². The van der Waals surface area contributed by atoms with Gasteiger partial charge >= 0.3 is 24.1 Å². The number of hydrogen-bond acceptors (Lipinski definition) is 3. The van der Waals surface area contributed by atoms with E-state index in [0.717, 1.165) is 0 Å². The van der Waals surface area contributed by atoms with Crippen LogP contribution in [-0.2, 0) is 9.47 Å². The molecule has 0 aliphatic heterocycles. The Labute approximate surface area is 116 Å². The first kappa shape index (κ1) is 20.6. The fourth-order valence-corrected chi connectivity index (χ4v) is 1.23. The zero-order valence-electron chi connectivity index (χ0n) is 10.4. The van der Waals surface area contributed by atoms with E-state index in [-0.39, 0.29) is 6.54 Å². The third kappa shape index (κ3) is 4.55. The fourth-order valence-electron chi connectivity index (χ4n) is 1.23. The maximum atomic E-state index is 12.4. The Kier molecular flexibility index (Phi) is 6.78. The van der Waals surface area contributed by atoms with Gasteiger partial charge in [0, 0.05) is 11.5 Å². The van der Waals surface area contributed by atoms with Gasteiger partial charge < -0.3 is 9.47 Å². The lowest BCUT2D eigenvalue weighted by molar-refractivity contribution is -0.457. The number of azide groups is 1. The van der Waals surface area contributed by atoms with E-state index in [1.165, 1.54) is 0 Å². The average molecular weight is 349 g/mol. The maximum Gasteiger partial charge on any atom is 0.435 e. The van der Waals surface area contributed by atoms with Gasteiger partial charge in [0.05, 0.1) is 19.8 Å². The van der Waals surface area contributed by atoms with E-state index < -0.39 is 44.0 Å². The molecule has 0 unspecified atom stereocenters. The molecule has 0 saturated carbocycles. The van der Waals surface area contributed by atoms with Gasteiger partial charge in [0.1, 0.15) is 0 Å². The molecule has 5 nitrogen and oxygen atoms in total. The molecular weight excluding hydrogens is 341 g/mol. The van der Waals surface area contributed by atoms with Crippen molar-refractivity contribution in [1.29, 1.82) is 0 Å². The van der Waals surface area contributed by atoms with Crippen molar-refractivity contribution >= 4 is 0 Å². The largest absolute Gasteiger partial charge is 0.435 e. The van der Waals surface area contributed by atoms with Crippen molar-refractivity contribution in [1.82, 2.24) is 0 Å². The molecule has 0 N–H and O–H groups in total. The second-order valence-corrected chi connectivity index (χ2v) is 3.59. The molecule has 0 aromatic heterocycles.